The largest absolute Gasteiger partial charge is 0.353 e. The predicted octanol–water partition coefficient (Wildman–Crippen LogP) is 2.16. The van der Waals surface area contributed by atoms with Crippen LogP contribution in [0.1, 0.15) is 10.5 Å². The number of aromatic nitrogens is 6. The van der Waals surface area contributed by atoms with E-state index in [1.54, 1.807) is 11.1 Å². The van der Waals surface area contributed by atoms with Crippen LogP contribution >= 0.6 is 0 Å². The van der Waals surface area contributed by atoms with E-state index >= 15 is 0 Å². The summed E-state index contributed by atoms with van der Waals surface area (Å²) >= 11 is 0. The molecule has 0 saturated carbocycles. The van der Waals surface area contributed by atoms with Crippen LogP contribution in [0.25, 0.3) is 5.69 Å². The summed E-state index contributed by atoms with van der Waals surface area (Å²) in [6, 6.07) is 17.1. The summed E-state index contributed by atoms with van der Waals surface area (Å²) in [4.78, 5) is 31.2. The zero-order valence-electron chi connectivity index (χ0n) is 17.2. The fraction of sp³-hybridized carbons (Fsp3) is 0.182. The number of para-hydroxylation sites is 1. The Balaban J connectivity index is 1.21. The second kappa shape index (κ2) is 8.80. The molecule has 3 aromatic heterocycles. The van der Waals surface area contributed by atoms with Crippen LogP contribution in [0.3, 0.4) is 0 Å². The molecule has 0 atom stereocenters. The topological polar surface area (TPSA) is 105 Å². The van der Waals surface area contributed by atoms with Crippen LogP contribution in [-0.2, 0) is 0 Å². The van der Waals surface area contributed by atoms with Crippen LogP contribution in [0.2, 0.25) is 0 Å². The Kier molecular flexibility index (Phi) is 5.39. The summed E-state index contributed by atoms with van der Waals surface area (Å²) in [5.41, 5.74) is 1.15. The molecule has 0 bridgehead atoms. The minimum Gasteiger partial charge on any atom is -0.353 e. The van der Waals surface area contributed by atoms with Gasteiger partial charge in [0.05, 0.1) is 11.9 Å². The number of anilines is 3. The highest BCUT2D eigenvalue weighted by Crippen LogP contribution is 2.19. The number of nitrogens with one attached hydrogen (secondary N) is 1. The summed E-state index contributed by atoms with van der Waals surface area (Å²) in [6.07, 6.45) is 4.76. The zero-order chi connectivity index (χ0) is 21.8. The molecule has 1 aliphatic rings. The van der Waals surface area contributed by atoms with Crippen LogP contribution in [0, 0.1) is 0 Å². The summed E-state index contributed by atoms with van der Waals surface area (Å²) in [6.45, 7) is 2.48. The van der Waals surface area contributed by atoms with Crippen molar-refractivity contribution in [1.29, 1.82) is 0 Å². The number of nitrogens with zero attached hydrogens (tertiary/aromatic N) is 8. The number of piperazine rings is 1. The molecule has 0 radical (unpaired) electrons. The van der Waals surface area contributed by atoms with Crippen molar-refractivity contribution < 1.29 is 4.79 Å². The molecular formula is C22H21N9O. The third-order valence-electron chi connectivity index (χ3n) is 5.16. The van der Waals surface area contributed by atoms with Gasteiger partial charge in [-0.05, 0) is 24.3 Å². The minimum absolute atomic E-state index is 0.118. The monoisotopic (exact) mass is 427 g/mol. The first-order valence-electron chi connectivity index (χ1n) is 10.3. The molecule has 32 heavy (non-hydrogen) atoms. The van der Waals surface area contributed by atoms with Crippen molar-refractivity contribution in [3.05, 3.63) is 79.0 Å². The molecule has 1 fully saturated rings. The number of benzene rings is 1. The first-order valence-corrected chi connectivity index (χ1v) is 10.3. The van der Waals surface area contributed by atoms with E-state index in [1.165, 1.54) is 17.3 Å². The number of hydrogen-bond acceptors (Lipinski definition) is 8. The first-order chi connectivity index (χ1) is 15.8. The maximum atomic E-state index is 12.9. The number of amides is 1. The van der Waals surface area contributed by atoms with E-state index < -0.39 is 0 Å². The second-order valence-corrected chi connectivity index (χ2v) is 7.24. The van der Waals surface area contributed by atoms with Crippen LogP contribution in [0.4, 0.5) is 17.5 Å². The molecule has 1 aliphatic heterocycles. The maximum absolute atomic E-state index is 12.9. The molecule has 0 unspecified atom stereocenters. The molecule has 1 amide bonds. The molecule has 5 rings (SSSR count). The quantitative estimate of drug-likeness (QED) is 0.517. The molecule has 0 aliphatic carbocycles. The number of carbonyl (C=O) groups excluding carboxylic acids is 1. The van der Waals surface area contributed by atoms with Gasteiger partial charge in [-0.1, -0.05) is 24.3 Å². The van der Waals surface area contributed by atoms with Gasteiger partial charge in [0.25, 0.3) is 5.91 Å². The smallest absolute Gasteiger partial charge is 0.276 e. The average Bonchev–Trinajstić information content (AvgIpc) is 3.36. The molecule has 10 nitrogen and oxygen atoms in total. The van der Waals surface area contributed by atoms with Gasteiger partial charge >= 0.3 is 0 Å². The van der Waals surface area contributed by atoms with E-state index in [2.05, 4.69) is 35.4 Å². The molecule has 4 aromatic rings. The van der Waals surface area contributed by atoms with Gasteiger partial charge in [0.15, 0.2) is 5.69 Å². The SMILES string of the molecule is O=C(c1cnn(-c2ccccc2)n1)N1CCN(c2cc(Nc3ccccn3)ncn2)CC1. The lowest BCUT2D eigenvalue weighted by Crippen LogP contribution is -2.49. The van der Waals surface area contributed by atoms with E-state index in [4.69, 9.17) is 0 Å². The van der Waals surface area contributed by atoms with E-state index in [1.807, 2.05) is 54.6 Å². The Morgan fingerprint density at radius 3 is 2.47 bits per heavy atom. The van der Waals surface area contributed by atoms with Gasteiger partial charge in [-0.25, -0.2) is 15.0 Å². The molecule has 0 spiro atoms. The Morgan fingerprint density at radius 1 is 0.875 bits per heavy atom. The van der Waals surface area contributed by atoms with Gasteiger partial charge in [-0.3, -0.25) is 4.79 Å². The predicted molar refractivity (Wildman–Crippen MR) is 119 cm³/mol. The van der Waals surface area contributed by atoms with Gasteiger partial charge < -0.3 is 15.1 Å². The van der Waals surface area contributed by atoms with Gasteiger partial charge in [0.2, 0.25) is 0 Å². The van der Waals surface area contributed by atoms with Gasteiger partial charge in [0.1, 0.15) is 23.8 Å². The van der Waals surface area contributed by atoms with Crippen molar-refractivity contribution in [3.8, 4) is 5.69 Å². The molecule has 1 N–H and O–H groups in total. The van der Waals surface area contributed by atoms with Gasteiger partial charge in [0, 0.05) is 38.4 Å². The van der Waals surface area contributed by atoms with Crippen LogP contribution in [0.5, 0.6) is 0 Å². The molecular weight excluding hydrogens is 406 g/mol. The first kappa shape index (κ1) is 19.6. The number of hydrogen-bond donors (Lipinski definition) is 1. The third kappa shape index (κ3) is 4.24. The van der Waals surface area contributed by atoms with Crippen LogP contribution < -0.4 is 10.2 Å². The number of carbonyl (C=O) groups is 1. The van der Waals surface area contributed by atoms with Crippen molar-refractivity contribution in [3.63, 3.8) is 0 Å². The van der Waals surface area contributed by atoms with Crippen molar-refractivity contribution in [1.82, 2.24) is 34.8 Å². The Morgan fingerprint density at radius 2 is 1.69 bits per heavy atom. The van der Waals surface area contributed by atoms with E-state index in [9.17, 15) is 4.79 Å². The van der Waals surface area contributed by atoms with E-state index in [0.717, 1.165) is 17.3 Å². The Hall–Kier alpha value is -4.34. The fourth-order valence-electron chi connectivity index (χ4n) is 3.50. The lowest BCUT2D eigenvalue weighted by molar-refractivity contribution is 0.0740. The van der Waals surface area contributed by atoms with Gasteiger partial charge in [-0.15, -0.1) is 5.10 Å². The number of rotatable bonds is 5. The van der Waals surface area contributed by atoms with Crippen molar-refractivity contribution >= 4 is 23.4 Å². The van der Waals surface area contributed by atoms with Crippen molar-refractivity contribution in [2.45, 2.75) is 0 Å². The van der Waals surface area contributed by atoms with Crippen LogP contribution in [0.15, 0.2) is 73.3 Å². The van der Waals surface area contributed by atoms with Gasteiger partial charge in [-0.2, -0.15) is 9.90 Å². The Bertz CT molecular complexity index is 1190. The minimum atomic E-state index is -0.118. The van der Waals surface area contributed by atoms with E-state index in [-0.39, 0.29) is 5.91 Å². The molecule has 1 aromatic carbocycles. The molecule has 1 saturated heterocycles. The molecule has 10 heteroatoms. The highest BCUT2D eigenvalue weighted by Gasteiger charge is 2.25. The van der Waals surface area contributed by atoms with E-state index in [0.29, 0.717) is 37.7 Å². The third-order valence-corrected chi connectivity index (χ3v) is 5.16. The van der Waals surface area contributed by atoms with Crippen molar-refractivity contribution in [2.75, 3.05) is 36.4 Å². The highest BCUT2D eigenvalue weighted by atomic mass is 16.2. The molecule has 4 heterocycles. The number of pyridine rings is 1. The van der Waals surface area contributed by atoms with Crippen LogP contribution in [-0.4, -0.2) is 66.9 Å². The lowest BCUT2D eigenvalue weighted by Gasteiger charge is -2.35. The molecule has 160 valence electrons. The summed E-state index contributed by atoms with van der Waals surface area (Å²) < 4.78 is 0. The zero-order valence-corrected chi connectivity index (χ0v) is 17.2. The summed E-state index contributed by atoms with van der Waals surface area (Å²) in [5.74, 6) is 2.08. The fourth-order valence-corrected chi connectivity index (χ4v) is 3.50. The summed E-state index contributed by atoms with van der Waals surface area (Å²) in [7, 11) is 0. The highest BCUT2D eigenvalue weighted by molar-refractivity contribution is 5.92. The standard InChI is InChI=1S/C22H21N9O/c32-22(18-15-26-31(28-18)17-6-2-1-3-7-17)30-12-10-29(11-13-30)21-14-20(24-16-25-21)27-19-8-4-5-9-23-19/h1-9,14-16H,10-13H2,(H,23,24,25,27). The Labute approximate surface area is 184 Å². The maximum Gasteiger partial charge on any atom is 0.276 e. The normalized spacial score (nSPS) is 13.8. The lowest BCUT2D eigenvalue weighted by atomic mass is 10.3. The average molecular weight is 427 g/mol. The second-order valence-electron chi connectivity index (χ2n) is 7.24. The van der Waals surface area contributed by atoms with Crippen molar-refractivity contribution in [2.24, 2.45) is 0 Å². The summed E-state index contributed by atoms with van der Waals surface area (Å²) in [5, 5.41) is 11.8.